The summed E-state index contributed by atoms with van der Waals surface area (Å²) in [6.45, 7) is 6.64. The minimum atomic E-state index is -1.78. The van der Waals surface area contributed by atoms with Crippen LogP contribution >= 0.6 is 11.6 Å². The third-order valence-electron chi connectivity index (χ3n) is 9.88. The van der Waals surface area contributed by atoms with Crippen LogP contribution in [0.25, 0.3) is 0 Å². The number of aliphatic hydroxyl groups is 3. The molecule has 0 aliphatic heterocycles. The molecule has 0 amide bonds. The quantitative estimate of drug-likeness (QED) is 0.372. The number of aliphatic hydroxyl groups excluding tert-OH is 2. The van der Waals surface area contributed by atoms with E-state index in [-0.39, 0.29) is 36.2 Å². The second-order valence-corrected chi connectivity index (χ2v) is 12.1. The van der Waals surface area contributed by atoms with E-state index in [4.69, 9.17) is 16.3 Å². The van der Waals surface area contributed by atoms with E-state index >= 15 is 0 Å². The van der Waals surface area contributed by atoms with Gasteiger partial charge in [-0.25, -0.2) is 0 Å². The summed E-state index contributed by atoms with van der Waals surface area (Å²) in [6, 6.07) is 0. The molecule has 4 aliphatic rings. The average Bonchev–Trinajstić information content (AvgIpc) is 3.00. The highest BCUT2D eigenvalue weighted by Gasteiger charge is 2.75. The van der Waals surface area contributed by atoms with Gasteiger partial charge in [0, 0.05) is 17.9 Å². The molecule has 8 atom stereocenters. The first kappa shape index (κ1) is 26.5. The summed E-state index contributed by atoms with van der Waals surface area (Å²) in [5.74, 6) is -2.16. The number of hydrogen-bond donors (Lipinski definition) is 3. The first-order chi connectivity index (χ1) is 16.3. The van der Waals surface area contributed by atoms with Gasteiger partial charge in [-0.05, 0) is 62.9 Å². The van der Waals surface area contributed by atoms with Crippen molar-refractivity contribution in [1.82, 2.24) is 0 Å². The number of unbranched alkanes of at least 4 members (excludes halogenated alkanes) is 1. The number of fused-ring (bicyclic) bond motifs is 5. The SMILES string of the molecule is CCCCC(=O)OC1=CC(=O)C=C2CC[C@H]3[C@@H]4C[C@H](C)[C@](O)(C(=O)CO)[C@@]4(C)C[C@H](O)[C@]3(Cl)[C@@]21C. The van der Waals surface area contributed by atoms with E-state index in [9.17, 15) is 29.7 Å². The fourth-order valence-corrected chi connectivity index (χ4v) is 8.53. The number of halogens is 1. The number of ketones is 2. The fourth-order valence-electron chi connectivity index (χ4n) is 7.98. The average molecular weight is 509 g/mol. The Morgan fingerprint density at radius 3 is 2.54 bits per heavy atom. The van der Waals surface area contributed by atoms with E-state index in [1.807, 2.05) is 20.8 Å². The van der Waals surface area contributed by atoms with Gasteiger partial charge < -0.3 is 20.1 Å². The molecule has 4 rings (SSSR count). The smallest absolute Gasteiger partial charge is 0.310 e. The lowest BCUT2D eigenvalue weighted by Gasteiger charge is -2.64. The van der Waals surface area contributed by atoms with Gasteiger partial charge in [-0.2, -0.15) is 0 Å². The van der Waals surface area contributed by atoms with Crippen LogP contribution in [-0.4, -0.2) is 56.0 Å². The molecule has 0 saturated heterocycles. The summed E-state index contributed by atoms with van der Waals surface area (Å²) in [7, 11) is 0. The van der Waals surface area contributed by atoms with Crippen molar-refractivity contribution in [2.75, 3.05) is 6.61 Å². The van der Waals surface area contributed by atoms with Crippen LogP contribution in [0.4, 0.5) is 0 Å². The molecule has 194 valence electrons. The van der Waals surface area contributed by atoms with Gasteiger partial charge in [-0.1, -0.05) is 32.8 Å². The van der Waals surface area contributed by atoms with Crippen LogP contribution in [0.5, 0.6) is 0 Å². The maximum absolute atomic E-state index is 12.8. The van der Waals surface area contributed by atoms with Crippen molar-refractivity contribution >= 4 is 29.1 Å². The number of carbonyl (C=O) groups excluding carboxylic acids is 3. The summed E-state index contributed by atoms with van der Waals surface area (Å²) in [5, 5.41) is 33.0. The number of rotatable bonds is 6. The predicted molar refractivity (Wildman–Crippen MR) is 129 cm³/mol. The molecule has 0 spiro atoms. The minimum absolute atomic E-state index is 0.0398. The number of allylic oxidation sites excluding steroid dienone is 3. The maximum Gasteiger partial charge on any atom is 0.310 e. The molecule has 0 aromatic carbocycles. The number of Topliss-reactive ketones (excluding diaryl/α,β-unsaturated/α-hetero) is 1. The van der Waals surface area contributed by atoms with Gasteiger partial charge in [0.1, 0.15) is 18.0 Å². The topological polar surface area (TPSA) is 121 Å². The van der Waals surface area contributed by atoms with Gasteiger partial charge in [0.15, 0.2) is 11.6 Å². The van der Waals surface area contributed by atoms with Gasteiger partial charge in [0.2, 0.25) is 0 Å². The predicted octanol–water partition coefficient (Wildman–Crippen LogP) is 3.23. The maximum atomic E-state index is 12.8. The lowest BCUT2D eigenvalue weighted by Crippen LogP contribution is -2.69. The number of carbonyl (C=O) groups is 3. The summed E-state index contributed by atoms with van der Waals surface area (Å²) in [5.41, 5.74) is -3.15. The van der Waals surface area contributed by atoms with Crippen molar-refractivity contribution in [3.8, 4) is 0 Å². The molecular weight excluding hydrogens is 472 g/mol. The molecule has 8 heteroatoms. The van der Waals surface area contributed by atoms with Crippen molar-refractivity contribution in [2.45, 2.75) is 89.2 Å². The zero-order valence-corrected chi connectivity index (χ0v) is 21.7. The normalized spacial score (nSPS) is 44.5. The van der Waals surface area contributed by atoms with Crippen LogP contribution in [0.2, 0.25) is 0 Å². The lowest BCUT2D eigenvalue weighted by molar-refractivity contribution is -0.182. The highest BCUT2D eigenvalue weighted by molar-refractivity contribution is 6.26. The van der Waals surface area contributed by atoms with Crippen molar-refractivity contribution < 1.29 is 34.4 Å². The van der Waals surface area contributed by atoms with Crippen molar-refractivity contribution in [3.63, 3.8) is 0 Å². The van der Waals surface area contributed by atoms with Crippen LogP contribution < -0.4 is 0 Å². The van der Waals surface area contributed by atoms with Crippen LogP contribution in [-0.2, 0) is 19.1 Å². The molecule has 0 aromatic rings. The molecule has 0 unspecified atom stereocenters. The number of alkyl halides is 1. The van der Waals surface area contributed by atoms with Gasteiger partial charge in [0.05, 0.1) is 16.4 Å². The molecular formula is C27H37ClO7. The zero-order chi connectivity index (χ0) is 26.0. The van der Waals surface area contributed by atoms with Crippen molar-refractivity contribution in [1.29, 1.82) is 0 Å². The molecule has 3 saturated carbocycles. The molecule has 3 fully saturated rings. The van der Waals surface area contributed by atoms with Gasteiger partial charge >= 0.3 is 5.97 Å². The standard InChI is InChI=1S/C27H37ClO7/c1-5-6-7-23(33)35-22-12-17(30)11-16-8-9-18-19-10-15(2)27(34,21(32)14-29)24(19,3)13-20(31)26(18,28)25(16,22)4/h11-12,15,18-20,29,31,34H,5-10,13-14H2,1-4H3/t15-,18-,19-,20-,24-,25-,26-,27-/m0/s1. The highest BCUT2D eigenvalue weighted by atomic mass is 35.5. The summed E-state index contributed by atoms with van der Waals surface area (Å²) >= 11 is 7.51. The van der Waals surface area contributed by atoms with Gasteiger partial charge in [0.25, 0.3) is 0 Å². The highest BCUT2D eigenvalue weighted by Crippen LogP contribution is 2.72. The summed E-state index contributed by atoms with van der Waals surface area (Å²) in [6.07, 6.45) is 5.00. The Hall–Kier alpha value is -1.54. The second-order valence-electron chi connectivity index (χ2n) is 11.4. The van der Waals surface area contributed by atoms with E-state index in [0.29, 0.717) is 25.7 Å². The van der Waals surface area contributed by atoms with Crippen LogP contribution in [0.1, 0.15) is 72.6 Å². The summed E-state index contributed by atoms with van der Waals surface area (Å²) < 4.78 is 5.78. The Morgan fingerprint density at radius 2 is 1.91 bits per heavy atom. The second kappa shape index (κ2) is 8.79. The molecule has 0 heterocycles. The van der Waals surface area contributed by atoms with E-state index in [2.05, 4.69) is 0 Å². The third-order valence-corrected chi connectivity index (χ3v) is 10.8. The van der Waals surface area contributed by atoms with Gasteiger partial charge in [-0.15, -0.1) is 11.6 Å². The first-order valence-corrected chi connectivity index (χ1v) is 13.1. The van der Waals surface area contributed by atoms with E-state index < -0.39 is 51.7 Å². The van der Waals surface area contributed by atoms with E-state index in [0.717, 1.165) is 12.0 Å². The van der Waals surface area contributed by atoms with Crippen molar-refractivity contribution in [2.24, 2.45) is 28.6 Å². The Morgan fingerprint density at radius 1 is 1.23 bits per heavy atom. The van der Waals surface area contributed by atoms with Crippen LogP contribution in [0.3, 0.4) is 0 Å². The minimum Gasteiger partial charge on any atom is -0.430 e. The number of ether oxygens (including phenoxy) is 1. The fraction of sp³-hybridized carbons (Fsp3) is 0.741. The Balaban J connectivity index is 1.80. The molecule has 7 nitrogen and oxygen atoms in total. The molecule has 0 aromatic heterocycles. The van der Waals surface area contributed by atoms with Crippen LogP contribution in [0.15, 0.2) is 23.5 Å². The van der Waals surface area contributed by atoms with E-state index in [1.165, 1.54) is 12.2 Å². The Bertz CT molecular complexity index is 1000. The molecule has 0 bridgehead atoms. The molecule has 4 aliphatic carbocycles. The first-order valence-electron chi connectivity index (χ1n) is 12.7. The molecule has 35 heavy (non-hydrogen) atoms. The monoisotopic (exact) mass is 508 g/mol. The Labute approximate surface area is 211 Å². The van der Waals surface area contributed by atoms with Gasteiger partial charge in [-0.3, -0.25) is 14.4 Å². The summed E-state index contributed by atoms with van der Waals surface area (Å²) in [4.78, 5) is 36.7. The third kappa shape index (κ3) is 3.38. The molecule has 0 radical (unpaired) electrons. The van der Waals surface area contributed by atoms with E-state index in [1.54, 1.807) is 6.92 Å². The largest absolute Gasteiger partial charge is 0.430 e. The Kier molecular flexibility index (Phi) is 6.66. The lowest BCUT2D eigenvalue weighted by atomic mass is 9.45. The number of esters is 1. The van der Waals surface area contributed by atoms with Crippen molar-refractivity contribution in [3.05, 3.63) is 23.5 Å². The molecule has 3 N–H and O–H groups in total. The van der Waals surface area contributed by atoms with Crippen LogP contribution in [0, 0.1) is 28.6 Å². The number of hydrogen-bond acceptors (Lipinski definition) is 7. The zero-order valence-electron chi connectivity index (χ0n) is 21.0.